The first-order chi connectivity index (χ1) is 13.6. The number of carbonyl (C=O) groups is 1. The van der Waals surface area contributed by atoms with Crippen LogP contribution in [0.4, 0.5) is 4.39 Å². The highest BCUT2D eigenvalue weighted by molar-refractivity contribution is 14.0. The monoisotopic (exact) mass is 512 g/mol. The molecule has 1 saturated heterocycles. The molecule has 9 heteroatoms. The quantitative estimate of drug-likeness (QED) is 0.379. The summed E-state index contributed by atoms with van der Waals surface area (Å²) in [6.07, 6.45) is 4.88. The molecule has 4 rings (SSSR count). The van der Waals surface area contributed by atoms with Gasteiger partial charge in [-0.15, -0.1) is 24.0 Å². The van der Waals surface area contributed by atoms with Crippen LogP contribution in [0, 0.1) is 5.82 Å². The third-order valence-corrected chi connectivity index (χ3v) is 5.16. The molecule has 0 bridgehead atoms. The molecule has 0 unspecified atom stereocenters. The number of benzene rings is 1. The molecule has 2 aromatic rings. The fourth-order valence-corrected chi connectivity index (χ4v) is 3.51. The summed E-state index contributed by atoms with van der Waals surface area (Å²) in [5.74, 6) is 0.680. The van der Waals surface area contributed by atoms with Crippen molar-refractivity contribution in [1.29, 1.82) is 0 Å². The van der Waals surface area contributed by atoms with Crippen LogP contribution < -0.4 is 5.32 Å². The second kappa shape index (κ2) is 9.55. The number of rotatable bonds is 5. The molecule has 156 valence electrons. The van der Waals surface area contributed by atoms with E-state index in [1.165, 1.54) is 12.1 Å². The molecule has 1 aromatic carbocycles. The van der Waals surface area contributed by atoms with Crippen LogP contribution in [-0.2, 0) is 11.2 Å². The van der Waals surface area contributed by atoms with Crippen LogP contribution in [0.15, 0.2) is 41.5 Å². The summed E-state index contributed by atoms with van der Waals surface area (Å²) in [5.41, 5.74) is 1.75. The molecule has 2 heterocycles. The molecule has 0 atom stereocenters. The molecule has 2 fully saturated rings. The van der Waals surface area contributed by atoms with E-state index in [-0.39, 0.29) is 35.7 Å². The summed E-state index contributed by atoms with van der Waals surface area (Å²) in [6, 6.07) is 8.67. The molecule has 1 N–H and O–H groups in total. The van der Waals surface area contributed by atoms with Crippen molar-refractivity contribution in [3.63, 3.8) is 0 Å². The Kier molecular flexibility index (Phi) is 7.09. The third kappa shape index (κ3) is 5.26. The second-order valence-electron chi connectivity index (χ2n) is 7.19. The van der Waals surface area contributed by atoms with Crippen LogP contribution >= 0.6 is 24.0 Å². The van der Waals surface area contributed by atoms with E-state index in [9.17, 15) is 9.18 Å². The van der Waals surface area contributed by atoms with E-state index in [1.54, 1.807) is 23.9 Å². The molecule has 0 radical (unpaired) electrons. The van der Waals surface area contributed by atoms with Gasteiger partial charge in [0, 0.05) is 45.3 Å². The molecule has 1 amide bonds. The second-order valence-corrected chi connectivity index (χ2v) is 7.19. The highest BCUT2D eigenvalue weighted by Gasteiger charge is 2.36. The highest BCUT2D eigenvalue weighted by atomic mass is 127. The Balaban J connectivity index is 0.00000240. The number of aromatic nitrogens is 2. The number of nitrogens with zero attached hydrogens (tertiary/aromatic N) is 5. The van der Waals surface area contributed by atoms with Crippen molar-refractivity contribution >= 4 is 35.8 Å². The Labute approximate surface area is 187 Å². The van der Waals surface area contributed by atoms with E-state index < -0.39 is 0 Å². The molecule has 1 saturated carbocycles. The van der Waals surface area contributed by atoms with Crippen molar-refractivity contribution in [1.82, 2.24) is 24.9 Å². The number of aliphatic imine (C=N–C) groups is 1. The Hall–Kier alpha value is -2.17. The first kappa shape index (κ1) is 21.5. The lowest BCUT2D eigenvalue weighted by Crippen LogP contribution is -2.55. The maximum Gasteiger partial charge on any atom is 0.242 e. The lowest BCUT2D eigenvalue weighted by Gasteiger charge is -2.36. The molecular weight excluding hydrogens is 486 g/mol. The van der Waals surface area contributed by atoms with Gasteiger partial charge >= 0.3 is 0 Å². The van der Waals surface area contributed by atoms with Crippen molar-refractivity contribution in [2.45, 2.75) is 25.3 Å². The number of amides is 1. The van der Waals surface area contributed by atoms with E-state index in [0.29, 0.717) is 19.1 Å². The maximum atomic E-state index is 13.0. The Bertz CT molecular complexity index is 864. The van der Waals surface area contributed by atoms with Crippen molar-refractivity contribution in [3.05, 3.63) is 48.0 Å². The van der Waals surface area contributed by atoms with Gasteiger partial charge in [-0.3, -0.25) is 9.79 Å². The van der Waals surface area contributed by atoms with Crippen molar-refractivity contribution in [2.75, 3.05) is 33.2 Å². The molecule has 29 heavy (non-hydrogen) atoms. The molecule has 1 aliphatic carbocycles. The highest BCUT2D eigenvalue weighted by Crippen LogP contribution is 2.28. The SMILES string of the molecule is CN=C(NCCc1ccn(-c2ccc(F)cc2)n1)N1CCN(C2CC2)C(=O)C1.I. The fourth-order valence-electron chi connectivity index (χ4n) is 3.51. The van der Waals surface area contributed by atoms with Gasteiger partial charge in [0.25, 0.3) is 0 Å². The zero-order valence-electron chi connectivity index (χ0n) is 16.4. The van der Waals surface area contributed by atoms with Crippen LogP contribution in [0.3, 0.4) is 0 Å². The van der Waals surface area contributed by atoms with Gasteiger partial charge in [-0.25, -0.2) is 9.07 Å². The summed E-state index contributed by atoms with van der Waals surface area (Å²) < 4.78 is 14.8. The van der Waals surface area contributed by atoms with Crippen molar-refractivity contribution in [3.8, 4) is 5.69 Å². The molecule has 7 nitrogen and oxygen atoms in total. The zero-order chi connectivity index (χ0) is 19.5. The fraction of sp³-hybridized carbons (Fsp3) is 0.450. The minimum Gasteiger partial charge on any atom is -0.356 e. The van der Waals surface area contributed by atoms with Crippen molar-refractivity contribution in [2.24, 2.45) is 4.99 Å². The van der Waals surface area contributed by atoms with Gasteiger partial charge in [0.05, 0.1) is 17.9 Å². The zero-order valence-corrected chi connectivity index (χ0v) is 18.8. The Morgan fingerprint density at radius 1 is 1.24 bits per heavy atom. The Morgan fingerprint density at radius 2 is 2.00 bits per heavy atom. The number of guanidine groups is 1. The van der Waals surface area contributed by atoms with Gasteiger partial charge in [-0.1, -0.05) is 0 Å². The normalized spacial score (nSPS) is 17.3. The van der Waals surface area contributed by atoms with E-state index >= 15 is 0 Å². The first-order valence-electron chi connectivity index (χ1n) is 9.69. The number of carbonyl (C=O) groups excluding carboxylic acids is 1. The Morgan fingerprint density at radius 3 is 2.66 bits per heavy atom. The van der Waals surface area contributed by atoms with Crippen LogP contribution in [0.1, 0.15) is 18.5 Å². The minimum absolute atomic E-state index is 0. The van der Waals surface area contributed by atoms with Crippen LogP contribution in [0.2, 0.25) is 0 Å². The van der Waals surface area contributed by atoms with E-state index in [0.717, 1.165) is 49.7 Å². The summed E-state index contributed by atoms with van der Waals surface area (Å²) >= 11 is 0. The number of halogens is 2. The smallest absolute Gasteiger partial charge is 0.242 e. The van der Waals surface area contributed by atoms with Gasteiger partial charge in [-0.05, 0) is 43.2 Å². The first-order valence-corrected chi connectivity index (χ1v) is 9.69. The largest absolute Gasteiger partial charge is 0.356 e. The van der Waals surface area contributed by atoms with Crippen LogP contribution in [0.25, 0.3) is 5.69 Å². The minimum atomic E-state index is -0.261. The molecule has 1 aliphatic heterocycles. The molecule has 2 aliphatic rings. The molecular formula is C20H26FIN6O. The predicted octanol–water partition coefficient (Wildman–Crippen LogP) is 2.05. The summed E-state index contributed by atoms with van der Waals surface area (Å²) in [5, 5.41) is 7.86. The van der Waals surface area contributed by atoms with Gasteiger partial charge in [-0.2, -0.15) is 5.10 Å². The number of piperazine rings is 1. The van der Waals surface area contributed by atoms with Gasteiger partial charge < -0.3 is 15.1 Å². The summed E-state index contributed by atoms with van der Waals surface area (Å²) in [7, 11) is 1.74. The predicted molar refractivity (Wildman–Crippen MR) is 120 cm³/mol. The van der Waals surface area contributed by atoms with Crippen LogP contribution in [0.5, 0.6) is 0 Å². The average molecular weight is 512 g/mol. The van der Waals surface area contributed by atoms with Crippen LogP contribution in [-0.4, -0.2) is 70.7 Å². The molecule has 0 spiro atoms. The lowest BCUT2D eigenvalue weighted by atomic mass is 10.3. The van der Waals surface area contributed by atoms with Gasteiger partial charge in [0.15, 0.2) is 5.96 Å². The van der Waals surface area contributed by atoms with E-state index in [4.69, 9.17) is 0 Å². The van der Waals surface area contributed by atoms with E-state index in [2.05, 4.69) is 15.4 Å². The van der Waals surface area contributed by atoms with Crippen molar-refractivity contribution < 1.29 is 9.18 Å². The summed E-state index contributed by atoms with van der Waals surface area (Å²) in [4.78, 5) is 20.7. The number of nitrogens with one attached hydrogen (secondary N) is 1. The molecule has 1 aromatic heterocycles. The third-order valence-electron chi connectivity index (χ3n) is 5.16. The number of hydrogen-bond acceptors (Lipinski definition) is 3. The average Bonchev–Trinajstić information content (AvgIpc) is 3.43. The standard InChI is InChI=1S/C20H25FN6O.HI/c1-22-20(25-12-13-26(17-6-7-17)19(28)14-25)23-10-8-16-9-11-27(24-16)18-4-2-15(21)3-5-18;/h2-5,9,11,17H,6-8,10,12-14H2,1H3,(H,22,23);1H. The van der Waals surface area contributed by atoms with Gasteiger partial charge in [0.2, 0.25) is 5.91 Å². The topological polar surface area (TPSA) is 65.8 Å². The van der Waals surface area contributed by atoms with Gasteiger partial charge in [0.1, 0.15) is 5.82 Å². The number of hydrogen-bond donors (Lipinski definition) is 1. The lowest BCUT2D eigenvalue weighted by molar-refractivity contribution is -0.135. The van der Waals surface area contributed by atoms with E-state index in [1.807, 2.05) is 22.1 Å². The summed E-state index contributed by atoms with van der Waals surface area (Å²) in [6.45, 7) is 2.63. The maximum absolute atomic E-state index is 13.0.